The molecule has 1 heterocycles. The Balaban J connectivity index is 1.78. The van der Waals surface area contributed by atoms with E-state index in [1.54, 1.807) is 0 Å². The van der Waals surface area contributed by atoms with Crippen LogP contribution >= 0.6 is 0 Å². The molecule has 3 aliphatic rings. The van der Waals surface area contributed by atoms with E-state index in [1.807, 2.05) is 0 Å². The van der Waals surface area contributed by atoms with E-state index in [0.717, 1.165) is 64.2 Å². The summed E-state index contributed by atoms with van der Waals surface area (Å²) in [5.74, 6) is 0.0644. The number of allylic oxidation sites excluding steroid dienone is 2. The molecule has 1 saturated carbocycles. The number of rotatable bonds is 4. The first-order valence-electron chi connectivity index (χ1n) is 15.0. The van der Waals surface area contributed by atoms with Gasteiger partial charge in [0.15, 0.2) is 0 Å². The Morgan fingerprint density at radius 2 is 1.42 bits per heavy atom. The van der Waals surface area contributed by atoms with Gasteiger partial charge in [0, 0.05) is 0 Å². The van der Waals surface area contributed by atoms with Crippen molar-refractivity contribution in [3.8, 4) is 0 Å². The van der Waals surface area contributed by atoms with Crippen molar-refractivity contribution in [2.75, 3.05) is 6.61 Å². The molecule has 1 saturated heterocycles. The molecule has 0 aromatic carbocycles. The number of aliphatic hydroxyl groups excluding tert-OH is 4. The minimum Gasteiger partial charge on any atom is -0.394 e. The monoisotopic (exact) mass is 504 g/mol. The van der Waals surface area contributed by atoms with Crippen molar-refractivity contribution in [2.24, 2.45) is 11.3 Å². The van der Waals surface area contributed by atoms with Gasteiger partial charge in [-0.25, -0.2) is 0 Å². The second-order valence-corrected chi connectivity index (χ2v) is 12.7. The Bertz CT molecular complexity index is 645. The van der Waals surface area contributed by atoms with E-state index in [2.05, 4.69) is 19.1 Å². The molecule has 7 atom stereocenters. The van der Waals surface area contributed by atoms with Crippen LogP contribution in [-0.4, -0.2) is 65.4 Å². The summed E-state index contributed by atoms with van der Waals surface area (Å²) in [5, 5.41) is 41.2. The Morgan fingerprint density at radius 1 is 0.778 bits per heavy atom. The summed E-state index contributed by atoms with van der Waals surface area (Å²) in [7, 11) is 7.15. The maximum atomic E-state index is 10.9. The zero-order valence-corrected chi connectivity index (χ0v) is 22.8. The second kappa shape index (κ2) is 14.7. The van der Waals surface area contributed by atoms with Crippen molar-refractivity contribution in [1.82, 2.24) is 0 Å². The van der Waals surface area contributed by atoms with Gasteiger partial charge >= 0.3 is 0 Å². The van der Waals surface area contributed by atoms with Gasteiger partial charge in [0.1, 0.15) is 24.4 Å². The molecule has 36 heavy (non-hydrogen) atoms. The van der Waals surface area contributed by atoms with Crippen LogP contribution in [0.25, 0.3) is 0 Å². The average Bonchev–Trinajstić information content (AvgIpc) is 2.96. The van der Waals surface area contributed by atoms with Crippen LogP contribution in [0.15, 0.2) is 12.2 Å². The third-order valence-corrected chi connectivity index (χ3v) is 9.36. The molecule has 2 aliphatic carbocycles. The first-order valence-corrected chi connectivity index (χ1v) is 15.0. The van der Waals surface area contributed by atoms with Crippen LogP contribution in [0.3, 0.4) is 0 Å². The maximum Gasteiger partial charge on any atom is 0.111 e. The summed E-state index contributed by atoms with van der Waals surface area (Å²) in [6.45, 7) is 2.02. The first-order chi connectivity index (χ1) is 17.3. The Hall–Kier alpha value is -0.395. The third kappa shape index (κ3) is 8.83. The molecular weight excluding hydrogens is 451 g/mol. The smallest absolute Gasteiger partial charge is 0.111 e. The van der Waals surface area contributed by atoms with Crippen LogP contribution in [0.5, 0.6) is 0 Å². The second-order valence-electron chi connectivity index (χ2n) is 12.7. The lowest BCUT2D eigenvalue weighted by molar-refractivity contribution is -0.242. The van der Waals surface area contributed by atoms with E-state index in [9.17, 15) is 20.4 Å². The molecule has 2 radical (unpaired) electrons. The number of hydrogen-bond donors (Lipinski definition) is 4. The van der Waals surface area contributed by atoms with Crippen molar-refractivity contribution in [3.63, 3.8) is 0 Å². The first kappa shape index (κ1) is 30.2. The molecule has 0 amide bonds. The van der Waals surface area contributed by atoms with Gasteiger partial charge in [-0.3, -0.25) is 0 Å². The van der Waals surface area contributed by atoms with E-state index < -0.39 is 30.5 Å². The summed E-state index contributed by atoms with van der Waals surface area (Å²) < 4.78 is 6.05. The number of hydrogen-bond acceptors (Lipinski definition) is 5. The van der Waals surface area contributed by atoms with Gasteiger partial charge in [-0.05, 0) is 56.3 Å². The van der Waals surface area contributed by atoms with Gasteiger partial charge < -0.3 is 25.2 Å². The van der Waals surface area contributed by atoms with Crippen LogP contribution in [0, 0.1) is 11.3 Å². The highest BCUT2D eigenvalue weighted by Crippen LogP contribution is 2.50. The van der Waals surface area contributed by atoms with E-state index in [0.29, 0.717) is 0 Å². The molecule has 0 spiro atoms. The Labute approximate surface area is 221 Å². The SMILES string of the molecule is [B]C1(CC2(C)C/C=C\CCCCCCC([C@@H]3O[C@H](CO)[C@@H](O)[C@H](O)[C@H]3O)CC2)CCCCCCCC1. The molecule has 0 aromatic heterocycles. The third-order valence-electron chi connectivity index (χ3n) is 9.36. The van der Waals surface area contributed by atoms with Gasteiger partial charge in [0.25, 0.3) is 0 Å². The molecule has 206 valence electrons. The van der Waals surface area contributed by atoms with Crippen LogP contribution in [-0.2, 0) is 4.74 Å². The van der Waals surface area contributed by atoms with Crippen molar-refractivity contribution in [1.29, 1.82) is 0 Å². The van der Waals surface area contributed by atoms with Gasteiger partial charge in [-0.15, -0.1) is 0 Å². The van der Waals surface area contributed by atoms with Crippen molar-refractivity contribution in [3.05, 3.63) is 12.2 Å². The van der Waals surface area contributed by atoms with Gasteiger partial charge in [0.05, 0.1) is 20.6 Å². The molecule has 2 fully saturated rings. The summed E-state index contributed by atoms with van der Waals surface area (Å²) in [4.78, 5) is 0. The van der Waals surface area contributed by atoms with E-state index >= 15 is 0 Å². The fraction of sp³-hybridized carbons (Fsp3) is 0.933. The number of ether oxygens (including phenoxy) is 1. The molecule has 5 nitrogen and oxygen atoms in total. The molecular formula is C30H53BO5. The van der Waals surface area contributed by atoms with Gasteiger partial charge in [-0.1, -0.05) is 95.0 Å². The summed E-state index contributed by atoms with van der Waals surface area (Å²) >= 11 is 0. The molecule has 0 bridgehead atoms. The summed E-state index contributed by atoms with van der Waals surface area (Å²) in [5.41, 5.74) is 0.0553. The highest BCUT2D eigenvalue weighted by atomic mass is 16.5. The molecule has 6 heteroatoms. The largest absolute Gasteiger partial charge is 0.394 e. The standard InChI is InChI=1S/C30H53BO5/c1-29(22-30(31)18-13-9-5-6-10-14-19-30)17-12-8-4-2-3-7-11-15-23(16-20-29)28-27(35)26(34)25(33)24(21-32)36-28/h8,12,23-28,32-35H,2-7,9-11,13-22H2,1H3/b12-8-/t23?,24-,25-,26+,27-,28+,29?/m1/s1. The van der Waals surface area contributed by atoms with Crippen LogP contribution < -0.4 is 0 Å². The highest BCUT2D eigenvalue weighted by Gasteiger charge is 2.46. The molecule has 3 rings (SSSR count). The molecule has 2 unspecified atom stereocenters. The lowest BCUT2D eigenvalue weighted by atomic mass is 9.54. The predicted octanol–water partition coefficient (Wildman–Crippen LogP) is 5.38. The van der Waals surface area contributed by atoms with Crippen LogP contribution in [0.2, 0.25) is 5.31 Å². The minimum atomic E-state index is -1.30. The summed E-state index contributed by atoms with van der Waals surface area (Å²) in [6.07, 6.45) is 19.9. The fourth-order valence-electron chi connectivity index (χ4n) is 7.11. The lowest BCUT2D eigenvalue weighted by Crippen LogP contribution is -2.60. The maximum absolute atomic E-state index is 10.9. The quantitative estimate of drug-likeness (QED) is 0.305. The topological polar surface area (TPSA) is 90.2 Å². The van der Waals surface area contributed by atoms with Gasteiger partial charge in [0.2, 0.25) is 0 Å². The molecule has 4 N–H and O–H groups in total. The zero-order chi connectivity index (χ0) is 26.0. The minimum absolute atomic E-state index is 0.0553. The number of aliphatic hydroxyl groups is 4. The Kier molecular flexibility index (Phi) is 12.3. The average molecular weight is 505 g/mol. The van der Waals surface area contributed by atoms with E-state index in [-0.39, 0.29) is 23.3 Å². The highest BCUT2D eigenvalue weighted by molar-refractivity contribution is 6.15. The van der Waals surface area contributed by atoms with E-state index in [4.69, 9.17) is 12.6 Å². The van der Waals surface area contributed by atoms with Crippen LogP contribution in [0.4, 0.5) is 0 Å². The van der Waals surface area contributed by atoms with E-state index in [1.165, 1.54) is 51.4 Å². The van der Waals surface area contributed by atoms with Crippen molar-refractivity contribution < 1.29 is 25.2 Å². The normalized spacial score (nSPS) is 40.9. The zero-order valence-electron chi connectivity index (χ0n) is 22.8. The lowest BCUT2D eigenvalue weighted by Gasteiger charge is -2.45. The predicted molar refractivity (Wildman–Crippen MR) is 146 cm³/mol. The van der Waals surface area contributed by atoms with Crippen molar-refractivity contribution in [2.45, 2.75) is 158 Å². The van der Waals surface area contributed by atoms with Crippen molar-refractivity contribution >= 4 is 7.85 Å². The fourth-order valence-corrected chi connectivity index (χ4v) is 7.11. The summed E-state index contributed by atoms with van der Waals surface area (Å²) in [6, 6.07) is 0. The van der Waals surface area contributed by atoms with Crippen LogP contribution in [0.1, 0.15) is 122 Å². The molecule has 0 aromatic rings. The molecule has 1 aliphatic heterocycles. The Morgan fingerprint density at radius 3 is 2.11 bits per heavy atom. The van der Waals surface area contributed by atoms with Gasteiger partial charge in [-0.2, -0.15) is 0 Å².